The Morgan fingerprint density at radius 2 is 1.86 bits per heavy atom. The van der Waals surface area contributed by atoms with Gasteiger partial charge in [-0.3, -0.25) is 0 Å². The Labute approximate surface area is 124 Å². The van der Waals surface area contributed by atoms with Crippen molar-refractivity contribution < 1.29 is 13.2 Å². The van der Waals surface area contributed by atoms with Crippen molar-refractivity contribution in [2.24, 2.45) is 0 Å². The largest absolute Gasteiger partial charge is 0.416 e. The minimum atomic E-state index is -4.37. The van der Waals surface area contributed by atoms with Crippen LogP contribution in [0.15, 0.2) is 42.5 Å². The lowest BCUT2D eigenvalue weighted by Crippen LogP contribution is -2.07. The molecule has 1 N–H and O–H groups in total. The number of alkyl halides is 3. The van der Waals surface area contributed by atoms with E-state index < -0.39 is 11.7 Å². The van der Waals surface area contributed by atoms with Crippen LogP contribution >= 0.6 is 11.6 Å². The summed E-state index contributed by atoms with van der Waals surface area (Å²) < 4.78 is 37.9. The highest BCUT2D eigenvalue weighted by Gasteiger charge is 2.30. The predicted octanol–water partition coefficient (Wildman–Crippen LogP) is 4.84. The molecule has 21 heavy (non-hydrogen) atoms. The smallest absolute Gasteiger partial charge is 0.380 e. The van der Waals surface area contributed by atoms with E-state index in [1.807, 2.05) is 6.07 Å². The zero-order chi connectivity index (χ0) is 15.5. The average molecular weight is 311 g/mol. The van der Waals surface area contributed by atoms with Gasteiger partial charge in [-0.05, 0) is 29.8 Å². The van der Waals surface area contributed by atoms with E-state index >= 15 is 0 Å². The first kappa shape index (κ1) is 15.2. The molecular formula is C15H10ClF3N2. The fourth-order valence-electron chi connectivity index (χ4n) is 1.84. The average Bonchev–Trinajstić information content (AvgIpc) is 2.44. The van der Waals surface area contributed by atoms with Gasteiger partial charge in [-0.1, -0.05) is 29.8 Å². The van der Waals surface area contributed by atoms with Gasteiger partial charge in [0.05, 0.1) is 21.8 Å². The highest BCUT2D eigenvalue weighted by atomic mass is 35.5. The van der Waals surface area contributed by atoms with E-state index in [2.05, 4.69) is 5.32 Å². The van der Waals surface area contributed by atoms with E-state index in [4.69, 9.17) is 16.9 Å². The van der Waals surface area contributed by atoms with Crippen molar-refractivity contribution >= 4 is 17.3 Å². The molecule has 0 atom stereocenters. The van der Waals surface area contributed by atoms with Crippen LogP contribution in [0.1, 0.15) is 16.7 Å². The summed E-state index contributed by atoms with van der Waals surface area (Å²) >= 11 is 5.89. The lowest BCUT2D eigenvalue weighted by molar-refractivity contribution is -0.137. The lowest BCUT2D eigenvalue weighted by atomic mass is 10.1. The standard InChI is InChI=1S/C15H10ClF3N2/c16-13-5-2-6-14(12(13)8-20)21-9-10-3-1-4-11(7-10)15(17,18)19/h1-7,21H,9H2. The van der Waals surface area contributed by atoms with Crippen molar-refractivity contribution in [1.82, 2.24) is 0 Å². The normalized spacial score (nSPS) is 11.0. The van der Waals surface area contributed by atoms with Gasteiger partial charge in [0.15, 0.2) is 0 Å². The van der Waals surface area contributed by atoms with Crippen molar-refractivity contribution in [2.45, 2.75) is 12.7 Å². The van der Waals surface area contributed by atoms with Gasteiger partial charge in [0.25, 0.3) is 0 Å². The number of halogens is 4. The van der Waals surface area contributed by atoms with Crippen LogP contribution in [0.3, 0.4) is 0 Å². The number of nitriles is 1. The summed E-state index contributed by atoms with van der Waals surface area (Å²) in [5.74, 6) is 0. The Balaban J connectivity index is 2.18. The molecule has 108 valence electrons. The summed E-state index contributed by atoms with van der Waals surface area (Å²) in [5, 5.41) is 12.2. The van der Waals surface area contributed by atoms with Gasteiger partial charge in [-0.2, -0.15) is 18.4 Å². The Kier molecular flexibility index (Phi) is 4.39. The summed E-state index contributed by atoms with van der Waals surface area (Å²) in [7, 11) is 0. The van der Waals surface area contributed by atoms with E-state index in [-0.39, 0.29) is 12.1 Å². The number of hydrogen-bond acceptors (Lipinski definition) is 2. The Hall–Kier alpha value is -2.19. The Morgan fingerprint density at radius 3 is 2.52 bits per heavy atom. The van der Waals surface area contributed by atoms with E-state index in [9.17, 15) is 13.2 Å². The zero-order valence-electron chi connectivity index (χ0n) is 10.7. The second kappa shape index (κ2) is 6.06. The molecule has 0 radical (unpaired) electrons. The molecule has 2 rings (SSSR count). The molecule has 0 saturated heterocycles. The van der Waals surface area contributed by atoms with E-state index in [0.29, 0.717) is 16.3 Å². The van der Waals surface area contributed by atoms with Crippen molar-refractivity contribution in [3.8, 4) is 6.07 Å². The maximum atomic E-state index is 12.6. The van der Waals surface area contributed by atoms with Gasteiger partial charge in [0.2, 0.25) is 0 Å². The number of nitrogens with one attached hydrogen (secondary N) is 1. The molecule has 0 aliphatic carbocycles. The minimum absolute atomic E-state index is 0.166. The van der Waals surface area contributed by atoms with Gasteiger partial charge in [0, 0.05) is 6.54 Å². The molecule has 2 nitrogen and oxygen atoms in total. The molecule has 0 spiro atoms. The molecule has 0 aliphatic heterocycles. The van der Waals surface area contributed by atoms with Crippen molar-refractivity contribution in [3.63, 3.8) is 0 Å². The van der Waals surface area contributed by atoms with Crippen LogP contribution in [0, 0.1) is 11.3 Å². The molecule has 0 aliphatic rings. The van der Waals surface area contributed by atoms with E-state index in [1.165, 1.54) is 6.07 Å². The number of nitrogens with zero attached hydrogens (tertiary/aromatic N) is 1. The van der Waals surface area contributed by atoms with Gasteiger partial charge in [-0.25, -0.2) is 0 Å². The quantitative estimate of drug-likeness (QED) is 0.880. The van der Waals surface area contributed by atoms with Gasteiger partial charge in [0.1, 0.15) is 6.07 Å². The third-order valence-electron chi connectivity index (χ3n) is 2.86. The van der Waals surface area contributed by atoms with Crippen LogP contribution in [0.5, 0.6) is 0 Å². The van der Waals surface area contributed by atoms with Crippen molar-refractivity contribution in [2.75, 3.05) is 5.32 Å². The molecule has 0 amide bonds. The van der Waals surface area contributed by atoms with Gasteiger partial charge >= 0.3 is 6.18 Å². The molecule has 0 bridgehead atoms. The first-order valence-corrected chi connectivity index (χ1v) is 6.38. The summed E-state index contributed by atoms with van der Waals surface area (Å²) in [5.41, 5.74) is 0.524. The van der Waals surface area contributed by atoms with Crippen LogP contribution in [0.25, 0.3) is 0 Å². The second-order valence-corrected chi connectivity index (χ2v) is 4.73. The highest BCUT2D eigenvalue weighted by Crippen LogP contribution is 2.30. The predicted molar refractivity (Wildman–Crippen MR) is 74.9 cm³/mol. The molecule has 2 aromatic carbocycles. The van der Waals surface area contributed by atoms with Crippen LogP contribution in [0.4, 0.5) is 18.9 Å². The number of rotatable bonds is 3. The lowest BCUT2D eigenvalue weighted by Gasteiger charge is -2.11. The molecule has 0 saturated carbocycles. The van der Waals surface area contributed by atoms with Gasteiger partial charge < -0.3 is 5.32 Å². The van der Waals surface area contributed by atoms with Crippen LogP contribution < -0.4 is 5.32 Å². The number of hydrogen-bond donors (Lipinski definition) is 1. The first-order chi connectivity index (χ1) is 9.91. The molecule has 0 heterocycles. The van der Waals surface area contributed by atoms with Crippen molar-refractivity contribution in [3.05, 3.63) is 64.2 Å². The molecule has 0 unspecified atom stereocenters. The zero-order valence-corrected chi connectivity index (χ0v) is 11.5. The van der Waals surface area contributed by atoms with Crippen LogP contribution in [0.2, 0.25) is 5.02 Å². The summed E-state index contributed by atoms with van der Waals surface area (Å²) in [4.78, 5) is 0. The molecule has 0 aromatic heterocycles. The molecule has 2 aromatic rings. The van der Waals surface area contributed by atoms with E-state index in [1.54, 1.807) is 24.3 Å². The Morgan fingerprint density at radius 1 is 1.14 bits per heavy atom. The minimum Gasteiger partial charge on any atom is -0.380 e. The Bertz CT molecular complexity index is 690. The summed E-state index contributed by atoms with van der Waals surface area (Å²) in [6, 6.07) is 11.9. The number of benzene rings is 2. The molecule has 6 heteroatoms. The van der Waals surface area contributed by atoms with E-state index in [0.717, 1.165) is 12.1 Å². The fraction of sp³-hybridized carbons (Fsp3) is 0.133. The monoisotopic (exact) mass is 310 g/mol. The summed E-state index contributed by atoms with van der Waals surface area (Å²) in [6.45, 7) is 0.166. The van der Waals surface area contributed by atoms with Gasteiger partial charge in [-0.15, -0.1) is 0 Å². The fourth-order valence-corrected chi connectivity index (χ4v) is 2.06. The SMILES string of the molecule is N#Cc1c(Cl)cccc1NCc1cccc(C(F)(F)F)c1. The molecule has 0 fully saturated rings. The third kappa shape index (κ3) is 3.67. The van der Waals surface area contributed by atoms with Crippen molar-refractivity contribution in [1.29, 1.82) is 5.26 Å². The maximum absolute atomic E-state index is 12.6. The maximum Gasteiger partial charge on any atom is 0.416 e. The number of anilines is 1. The second-order valence-electron chi connectivity index (χ2n) is 4.33. The summed E-state index contributed by atoms with van der Waals surface area (Å²) in [6.07, 6.45) is -4.37. The van der Waals surface area contributed by atoms with Crippen LogP contribution in [-0.4, -0.2) is 0 Å². The first-order valence-electron chi connectivity index (χ1n) is 6.00. The third-order valence-corrected chi connectivity index (χ3v) is 3.18. The molecular weight excluding hydrogens is 301 g/mol. The highest BCUT2D eigenvalue weighted by molar-refractivity contribution is 6.32. The topological polar surface area (TPSA) is 35.8 Å². The van der Waals surface area contributed by atoms with Crippen LogP contribution in [-0.2, 0) is 12.7 Å².